The molecule has 9 heavy (non-hydrogen) atoms. The van der Waals surface area contributed by atoms with Gasteiger partial charge in [0.25, 0.3) is 0 Å². The zero-order valence-electron chi connectivity index (χ0n) is 6.01. The summed E-state index contributed by atoms with van der Waals surface area (Å²) < 4.78 is 0. The van der Waals surface area contributed by atoms with Gasteiger partial charge in [-0.15, -0.1) is 0 Å². The topological polar surface area (TPSA) is 26.0 Å². The second-order valence-corrected chi connectivity index (χ2v) is 1.96. The molecule has 1 nitrogen and oxygen atoms in total. The van der Waals surface area contributed by atoms with Crippen molar-refractivity contribution in [3.05, 3.63) is 24.4 Å². The number of unbranched alkanes of at least 4 members (excludes halogenated alkanes) is 2. The lowest BCUT2D eigenvalue weighted by atomic mass is 10.2. The number of nitrogens with two attached hydrogens (primary N) is 1. The van der Waals surface area contributed by atoms with Crippen molar-refractivity contribution in [3.8, 4) is 0 Å². The molecule has 0 aliphatic heterocycles. The predicted octanol–water partition coefficient (Wildman–Crippen LogP) is 2.21. The zero-order chi connectivity index (χ0) is 6.95. The summed E-state index contributed by atoms with van der Waals surface area (Å²) in [5, 5.41) is 0. The summed E-state index contributed by atoms with van der Waals surface area (Å²) in [6.07, 6.45) is 11.2. The van der Waals surface area contributed by atoms with Crippen LogP contribution in [0.3, 0.4) is 0 Å². The molecule has 0 aromatic rings. The highest BCUT2D eigenvalue weighted by Crippen LogP contribution is 1.94. The van der Waals surface area contributed by atoms with E-state index < -0.39 is 0 Å². The van der Waals surface area contributed by atoms with E-state index in [-0.39, 0.29) is 0 Å². The van der Waals surface area contributed by atoms with Gasteiger partial charge in [0.2, 0.25) is 0 Å². The van der Waals surface area contributed by atoms with Crippen LogP contribution in [0.5, 0.6) is 0 Å². The van der Waals surface area contributed by atoms with Crippen LogP contribution in [0.1, 0.15) is 26.2 Å². The quantitative estimate of drug-likeness (QED) is 0.452. The Bertz CT molecular complexity index is 92.7. The molecule has 0 atom stereocenters. The van der Waals surface area contributed by atoms with Gasteiger partial charge in [0.05, 0.1) is 0 Å². The van der Waals surface area contributed by atoms with Gasteiger partial charge in [-0.1, -0.05) is 31.9 Å². The summed E-state index contributed by atoms with van der Waals surface area (Å²) in [5.74, 6) is 0. The molecule has 0 radical (unpaired) electrons. The van der Waals surface area contributed by atoms with Gasteiger partial charge < -0.3 is 5.73 Å². The normalized spacial score (nSPS) is 11.7. The number of rotatable bonds is 4. The highest BCUT2D eigenvalue weighted by Gasteiger charge is 1.74. The smallest absolute Gasteiger partial charge is 0.00625 e. The Morgan fingerprint density at radius 3 is 2.67 bits per heavy atom. The van der Waals surface area contributed by atoms with Crippen molar-refractivity contribution in [3.63, 3.8) is 0 Å². The van der Waals surface area contributed by atoms with Crippen LogP contribution in [-0.4, -0.2) is 0 Å². The lowest BCUT2D eigenvalue weighted by molar-refractivity contribution is 0.815. The van der Waals surface area contributed by atoms with E-state index in [4.69, 9.17) is 5.73 Å². The lowest BCUT2D eigenvalue weighted by Crippen LogP contribution is -1.72. The summed E-state index contributed by atoms with van der Waals surface area (Å²) in [6.45, 7) is 2.19. The molecular weight excluding hydrogens is 110 g/mol. The van der Waals surface area contributed by atoms with Gasteiger partial charge in [0.1, 0.15) is 0 Å². The van der Waals surface area contributed by atoms with Crippen LogP contribution < -0.4 is 5.73 Å². The summed E-state index contributed by atoms with van der Waals surface area (Å²) in [5.41, 5.74) is 5.11. The first-order valence-electron chi connectivity index (χ1n) is 3.45. The average molecular weight is 125 g/mol. The molecule has 0 rings (SSSR count). The van der Waals surface area contributed by atoms with Gasteiger partial charge in [-0.2, -0.15) is 0 Å². The van der Waals surface area contributed by atoms with Crippen molar-refractivity contribution >= 4 is 0 Å². The molecule has 0 heterocycles. The largest absolute Gasteiger partial charge is 0.405 e. The van der Waals surface area contributed by atoms with Crippen LogP contribution >= 0.6 is 0 Å². The first-order valence-corrected chi connectivity index (χ1v) is 3.45. The third-order valence-electron chi connectivity index (χ3n) is 1.08. The first-order chi connectivity index (χ1) is 4.41. The minimum atomic E-state index is 1.17. The Morgan fingerprint density at radius 2 is 2.11 bits per heavy atom. The Kier molecular flexibility index (Phi) is 6.70. The lowest BCUT2D eigenvalue weighted by Gasteiger charge is -1.84. The molecule has 2 N–H and O–H groups in total. The average Bonchev–Trinajstić information content (AvgIpc) is 1.89. The summed E-state index contributed by atoms with van der Waals surface area (Å²) >= 11 is 0. The van der Waals surface area contributed by atoms with Gasteiger partial charge in [0.15, 0.2) is 0 Å². The summed E-state index contributed by atoms with van der Waals surface area (Å²) in [6, 6.07) is 0. The highest BCUT2D eigenvalue weighted by atomic mass is 14.5. The van der Waals surface area contributed by atoms with Crippen LogP contribution in [0.2, 0.25) is 0 Å². The molecule has 0 aliphatic carbocycles. The molecule has 0 aromatic heterocycles. The van der Waals surface area contributed by atoms with Crippen LogP contribution in [0.15, 0.2) is 24.4 Å². The predicted molar refractivity (Wildman–Crippen MR) is 42.0 cm³/mol. The maximum Gasteiger partial charge on any atom is -0.00625 e. The summed E-state index contributed by atoms with van der Waals surface area (Å²) in [7, 11) is 0. The maximum atomic E-state index is 5.11. The molecular formula is C8H15N. The van der Waals surface area contributed by atoms with E-state index in [9.17, 15) is 0 Å². The van der Waals surface area contributed by atoms with Crippen LogP contribution in [-0.2, 0) is 0 Å². The van der Waals surface area contributed by atoms with E-state index in [1.807, 2.05) is 12.2 Å². The third-order valence-corrected chi connectivity index (χ3v) is 1.08. The minimum absolute atomic E-state index is 1.17. The van der Waals surface area contributed by atoms with Gasteiger partial charge in [-0.3, -0.25) is 0 Å². The molecule has 0 spiro atoms. The van der Waals surface area contributed by atoms with Crippen molar-refractivity contribution in [2.75, 3.05) is 0 Å². The van der Waals surface area contributed by atoms with E-state index in [1.165, 1.54) is 19.3 Å². The van der Waals surface area contributed by atoms with Gasteiger partial charge in [0, 0.05) is 0 Å². The van der Waals surface area contributed by atoms with E-state index >= 15 is 0 Å². The van der Waals surface area contributed by atoms with E-state index in [2.05, 4.69) is 13.0 Å². The molecule has 0 amide bonds. The van der Waals surface area contributed by atoms with E-state index in [1.54, 1.807) is 6.20 Å². The second-order valence-electron chi connectivity index (χ2n) is 1.96. The van der Waals surface area contributed by atoms with Crippen molar-refractivity contribution in [2.24, 2.45) is 5.73 Å². The fourth-order valence-corrected chi connectivity index (χ4v) is 0.561. The van der Waals surface area contributed by atoms with Gasteiger partial charge >= 0.3 is 0 Å². The molecule has 0 bridgehead atoms. The number of hydrogen-bond donors (Lipinski definition) is 1. The van der Waals surface area contributed by atoms with Crippen molar-refractivity contribution in [1.82, 2.24) is 0 Å². The van der Waals surface area contributed by atoms with Gasteiger partial charge in [-0.25, -0.2) is 0 Å². The Labute approximate surface area is 57.3 Å². The molecule has 0 unspecified atom stereocenters. The Morgan fingerprint density at radius 1 is 1.33 bits per heavy atom. The van der Waals surface area contributed by atoms with Crippen molar-refractivity contribution in [2.45, 2.75) is 26.2 Å². The highest BCUT2D eigenvalue weighted by molar-refractivity contribution is 5.00. The van der Waals surface area contributed by atoms with Crippen molar-refractivity contribution in [1.29, 1.82) is 0 Å². The second kappa shape index (κ2) is 7.28. The fraction of sp³-hybridized carbons (Fsp3) is 0.500. The maximum absolute atomic E-state index is 5.11. The molecule has 1 heteroatoms. The molecule has 0 fully saturated rings. The number of hydrogen-bond acceptors (Lipinski definition) is 1. The van der Waals surface area contributed by atoms with Crippen molar-refractivity contribution < 1.29 is 0 Å². The van der Waals surface area contributed by atoms with E-state index in [0.717, 1.165) is 0 Å². The zero-order valence-corrected chi connectivity index (χ0v) is 6.01. The molecule has 52 valence electrons. The van der Waals surface area contributed by atoms with Gasteiger partial charge in [-0.05, 0) is 18.7 Å². The standard InChI is InChI=1S/C8H15N/c1-2-3-4-5-6-7-8-9/h5-8H,2-4,9H2,1H3/b6-5+,8-7?. The first kappa shape index (κ1) is 8.28. The third kappa shape index (κ3) is 7.28. The Hall–Kier alpha value is -0.720. The molecule has 0 aromatic carbocycles. The molecule has 0 saturated heterocycles. The molecule has 0 saturated carbocycles. The summed E-state index contributed by atoms with van der Waals surface area (Å²) in [4.78, 5) is 0. The van der Waals surface area contributed by atoms with Crippen LogP contribution in [0, 0.1) is 0 Å². The molecule has 0 aliphatic rings. The Balaban J connectivity index is 3.04. The fourth-order valence-electron chi connectivity index (χ4n) is 0.561. The minimum Gasteiger partial charge on any atom is -0.405 e. The monoisotopic (exact) mass is 125 g/mol. The number of allylic oxidation sites excluding steroid dienone is 3. The van der Waals surface area contributed by atoms with E-state index in [0.29, 0.717) is 0 Å². The SMILES string of the molecule is CCCC/C=C/C=CN. The van der Waals surface area contributed by atoms with Crippen LogP contribution in [0.4, 0.5) is 0 Å². The van der Waals surface area contributed by atoms with Crippen LogP contribution in [0.25, 0.3) is 0 Å².